The minimum Gasteiger partial charge on any atom is -0.337 e. The van der Waals surface area contributed by atoms with Crippen LogP contribution in [0.4, 0.5) is 5.69 Å². The zero-order valence-corrected chi connectivity index (χ0v) is 14.1. The molecule has 1 aliphatic rings. The number of nitrogens with zero attached hydrogens (tertiary/aromatic N) is 4. The fourth-order valence-electron chi connectivity index (χ4n) is 3.00. The second kappa shape index (κ2) is 6.13. The van der Waals surface area contributed by atoms with E-state index in [-0.39, 0.29) is 23.6 Å². The molecular formula is C18H12N4O5. The highest BCUT2D eigenvalue weighted by molar-refractivity contribution is 6.23. The summed E-state index contributed by atoms with van der Waals surface area (Å²) in [7, 11) is 0. The topological polar surface area (TPSA) is 119 Å². The molecule has 0 atom stereocenters. The molecule has 1 aliphatic heterocycles. The maximum Gasteiger partial charge on any atom is 0.282 e. The van der Waals surface area contributed by atoms with Crippen molar-refractivity contribution in [3.8, 4) is 11.4 Å². The number of aryl methyl sites for hydroxylation is 1. The number of imide groups is 1. The number of hydrogen-bond acceptors (Lipinski definition) is 7. The Balaban J connectivity index is 1.64. The second-order valence-corrected chi connectivity index (χ2v) is 5.98. The Morgan fingerprint density at radius 3 is 2.56 bits per heavy atom. The molecule has 2 amide bonds. The quantitative estimate of drug-likeness (QED) is 0.396. The zero-order chi connectivity index (χ0) is 19.1. The van der Waals surface area contributed by atoms with E-state index in [4.69, 9.17) is 4.52 Å². The Hall–Kier alpha value is -3.88. The average molecular weight is 364 g/mol. The van der Waals surface area contributed by atoms with Gasteiger partial charge in [-0.3, -0.25) is 24.6 Å². The van der Waals surface area contributed by atoms with Crippen LogP contribution in [-0.2, 0) is 6.54 Å². The molecule has 3 aromatic rings. The van der Waals surface area contributed by atoms with Crippen LogP contribution in [0.15, 0.2) is 47.0 Å². The first-order valence-electron chi connectivity index (χ1n) is 7.99. The normalized spacial score (nSPS) is 13.1. The summed E-state index contributed by atoms with van der Waals surface area (Å²) in [4.78, 5) is 40.7. The lowest BCUT2D eigenvalue weighted by atomic mass is 10.1. The van der Waals surface area contributed by atoms with Gasteiger partial charge < -0.3 is 4.52 Å². The van der Waals surface area contributed by atoms with Crippen molar-refractivity contribution in [3.05, 3.63) is 75.2 Å². The molecule has 0 saturated heterocycles. The largest absolute Gasteiger partial charge is 0.337 e. The van der Waals surface area contributed by atoms with E-state index in [0.717, 1.165) is 16.0 Å². The molecule has 0 aliphatic carbocycles. The Morgan fingerprint density at radius 1 is 1.07 bits per heavy atom. The van der Waals surface area contributed by atoms with Gasteiger partial charge in [-0.15, -0.1) is 0 Å². The van der Waals surface area contributed by atoms with Crippen LogP contribution in [0.2, 0.25) is 0 Å². The number of nitro benzene ring substituents is 1. The van der Waals surface area contributed by atoms with Gasteiger partial charge in [0.05, 0.1) is 10.5 Å². The highest BCUT2D eigenvalue weighted by Crippen LogP contribution is 2.31. The van der Waals surface area contributed by atoms with Gasteiger partial charge in [-0.2, -0.15) is 4.98 Å². The van der Waals surface area contributed by atoms with Crippen LogP contribution < -0.4 is 0 Å². The number of fused-ring (bicyclic) bond motifs is 1. The molecule has 27 heavy (non-hydrogen) atoms. The molecular weight excluding hydrogens is 352 g/mol. The van der Waals surface area contributed by atoms with Crippen molar-refractivity contribution in [2.45, 2.75) is 13.5 Å². The van der Waals surface area contributed by atoms with Gasteiger partial charge in [-0.25, -0.2) is 0 Å². The van der Waals surface area contributed by atoms with Crippen LogP contribution in [-0.4, -0.2) is 31.8 Å². The third kappa shape index (κ3) is 2.65. The Kier molecular flexibility index (Phi) is 3.76. The van der Waals surface area contributed by atoms with Crippen LogP contribution in [0.25, 0.3) is 11.4 Å². The summed E-state index contributed by atoms with van der Waals surface area (Å²) >= 11 is 0. The number of carbonyl (C=O) groups is 2. The van der Waals surface area contributed by atoms with Gasteiger partial charge in [0, 0.05) is 11.6 Å². The fraction of sp³-hybridized carbons (Fsp3) is 0.111. The van der Waals surface area contributed by atoms with Gasteiger partial charge in [0.25, 0.3) is 17.5 Å². The molecule has 9 heteroatoms. The van der Waals surface area contributed by atoms with E-state index in [1.165, 1.54) is 18.2 Å². The van der Waals surface area contributed by atoms with Crippen molar-refractivity contribution in [2.24, 2.45) is 0 Å². The third-order valence-corrected chi connectivity index (χ3v) is 4.32. The van der Waals surface area contributed by atoms with Gasteiger partial charge >= 0.3 is 0 Å². The van der Waals surface area contributed by atoms with E-state index < -0.39 is 22.4 Å². The number of benzene rings is 2. The molecule has 2 heterocycles. The molecule has 9 nitrogen and oxygen atoms in total. The van der Waals surface area contributed by atoms with Crippen molar-refractivity contribution in [2.75, 3.05) is 0 Å². The highest BCUT2D eigenvalue weighted by Gasteiger charge is 2.41. The minimum atomic E-state index is -0.752. The van der Waals surface area contributed by atoms with E-state index in [9.17, 15) is 19.7 Å². The smallest absolute Gasteiger partial charge is 0.282 e. The monoisotopic (exact) mass is 364 g/mol. The first-order valence-corrected chi connectivity index (χ1v) is 7.99. The fourth-order valence-corrected chi connectivity index (χ4v) is 3.00. The predicted molar refractivity (Wildman–Crippen MR) is 91.8 cm³/mol. The van der Waals surface area contributed by atoms with Crippen LogP contribution in [0.3, 0.4) is 0 Å². The van der Waals surface area contributed by atoms with Gasteiger partial charge in [0.1, 0.15) is 12.1 Å². The number of carbonyl (C=O) groups excluding carboxylic acids is 2. The van der Waals surface area contributed by atoms with E-state index in [0.29, 0.717) is 5.82 Å². The summed E-state index contributed by atoms with van der Waals surface area (Å²) in [5.74, 6) is -0.983. The number of rotatable bonds is 4. The van der Waals surface area contributed by atoms with E-state index >= 15 is 0 Å². The first-order chi connectivity index (χ1) is 13.0. The van der Waals surface area contributed by atoms with Crippen LogP contribution in [0.5, 0.6) is 0 Å². The molecule has 0 spiro atoms. The second-order valence-electron chi connectivity index (χ2n) is 5.98. The predicted octanol–water partition coefficient (Wildman–Crippen LogP) is 2.75. The first kappa shape index (κ1) is 16.6. The molecule has 0 fully saturated rings. The molecule has 0 saturated carbocycles. The summed E-state index contributed by atoms with van der Waals surface area (Å²) in [6.45, 7) is 1.64. The van der Waals surface area contributed by atoms with Crippen LogP contribution in [0, 0.1) is 17.0 Å². The SMILES string of the molecule is Cc1ccccc1-c1noc(CN2C(=O)c3cccc([N+](=O)[O-])c3C2=O)n1. The van der Waals surface area contributed by atoms with Gasteiger partial charge in [0.2, 0.25) is 11.7 Å². The third-order valence-electron chi connectivity index (χ3n) is 4.32. The lowest BCUT2D eigenvalue weighted by Crippen LogP contribution is -2.29. The van der Waals surface area contributed by atoms with Crippen molar-refractivity contribution in [3.63, 3.8) is 0 Å². The average Bonchev–Trinajstić information content (AvgIpc) is 3.21. The van der Waals surface area contributed by atoms with E-state index in [2.05, 4.69) is 10.1 Å². The summed E-state index contributed by atoms with van der Waals surface area (Å²) in [5.41, 5.74) is 1.09. The molecule has 0 radical (unpaired) electrons. The molecule has 0 N–H and O–H groups in total. The Labute approximate surface area is 152 Å². The standard InChI is InChI=1S/C18H12N4O5/c1-10-5-2-3-6-11(10)16-19-14(27-20-16)9-21-17(23)12-7-4-8-13(22(25)26)15(12)18(21)24/h2-8H,9H2,1H3. The molecule has 1 aromatic heterocycles. The minimum absolute atomic E-state index is 0.00663. The Bertz CT molecular complexity index is 1100. The number of amides is 2. The summed E-state index contributed by atoms with van der Waals surface area (Å²) in [6.07, 6.45) is 0. The maximum atomic E-state index is 12.6. The lowest BCUT2D eigenvalue weighted by molar-refractivity contribution is -0.385. The Morgan fingerprint density at radius 2 is 1.81 bits per heavy atom. The lowest BCUT2D eigenvalue weighted by Gasteiger charge is -2.09. The van der Waals surface area contributed by atoms with Gasteiger partial charge in [0.15, 0.2) is 0 Å². The number of hydrogen-bond donors (Lipinski definition) is 0. The van der Waals surface area contributed by atoms with Crippen LogP contribution >= 0.6 is 0 Å². The maximum absolute atomic E-state index is 12.6. The number of aromatic nitrogens is 2. The molecule has 2 aromatic carbocycles. The zero-order valence-electron chi connectivity index (χ0n) is 14.1. The molecule has 134 valence electrons. The molecule has 0 unspecified atom stereocenters. The summed E-state index contributed by atoms with van der Waals surface area (Å²) < 4.78 is 5.17. The summed E-state index contributed by atoms with van der Waals surface area (Å²) in [5, 5.41) is 15.0. The van der Waals surface area contributed by atoms with Crippen molar-refractivity contribution >= 4 is 17.5 Å². The van der Waals surface area contributed by atoms with Crippen molar-refractivity contribution < 1.29 is 19.0 Å². The van der Waals surface area contributed by atoms with E-state index in [1.54, 1.807) is 0 Å². The van der Waals surface area contributed by atoms with E-state index in [1.807, 2.05) is 31.2 Å². The van der Waals surface area contributed by atoms with Crippen molar-refractivity contribution in [1.29, 1.82) is 0 Å². The van der Waals surface area contributed by atoms with Crippen LogP contribution in [0.1, 0.15) is 32.2 Å². The van der Waals surface area contributed by atoms with Gasteiger partial charge in [-0.05, 0) is 18.6 Å². The summed E-state index contributed by atoms with van der Waals surface area (Å²) in [6, 6.07) is 11.4. The van der Waals surface area contributed by atoms with Crippen molar-refractivity contribution in [1.82, 2.24) is 15.0 Å². The molecule has 0 bridgehead atoms. The number of nitro groups is 1. The highest BCUT2D eigenvalue weighted by atomic mass is 16.6. The van der Waals surface area contributed by atoms with Gasteiger partial charge in [-0.1, -0.05) is 35.5 Å². The molecule has 4 rings (SSSR count).